The van der Waals surface area contributed by atoms with E-state index in [4.69, 9.17) is 32.8 Å². The quantitative estimate of drug-likeness (QED) is 0.0632. The van der Waals surface area contributed by atoms with Crippen molar-refractivity contribution in [3.8, 4) is 0 Å². The van der Waals surface area contributed by atoms with Crippen LogP contribution in [0.1, 0.15) is 166 Å². The molecule has 366 valence electrons. The highest BCUT2D eigenvalue weighted by molar-refractivity contribution is 6.74. The van der Waals surface area contributed by atoms with Crippen molar-refractivity contribution in [1.29, 1.82) is 0 Å². The topological polar surface area (TPSA) is 119 Å². The summed E-state index contributed by atoms with van der Waals surface area (Å²) in [5, 5.41) is 0.0206. The molecule has 3 aliphatic heterocycles. The van der Waals surface area contributed by atoms with E-state index in [-0.39, 0.29) is 102 Å². The molecule has 3 fully saturated rings. The molecule has 12 heteroatoms. The molecule has 1 aromatic carbocycles. The first-order chi connectivity index (χ1) is 29.9. The van der Waals surface area contributed by atoms with Crippen LogP contribution in [0.25, 0.3) is 0 Å². The van der Waals surface area contributed by atoms with Crippen molar-refractivity contribution in [2.24, 2.45) is 23.7 Å². The largest absolute Gasteiger partial charge is 0.462 e. The minimum Gasteiger partial charge on any atom is -0.462 e. The highest BCUT2D eigenvalue weighted by atomic mass is 28.4. The zero-order valence-electron chi connectivity index (χ0n) is 42.6. The van der Waals surface area contributed by atoms with Crippen LogP contribution in [0.15, 0.2) is 30.3 Å². The number of hydrogen-bond acceptors (Lipinski definition) is 10. The van der Waals surface area contributed by atoms with Crippen molar-refractivity contribution in [2.45, 2.75) is 245 Å². The summed E-state index contributed by atoms with van der Waals surface area (Å²) in [7, 11) is -0.353. The fourth-order valence-electron chi connectivity index (χ4n) is 9.51. The van der Waals surface area contributed by atoms with Crippen LogP contribution in [-0.2, 0) is 49.0 Å². The molecule has 0 saturated carbocycles. The maximum absolute atomic E-state index is 13.9. The Morgan fingerprint density at radius 1 is 0.719 bits per heavy atom. The Hall–Kier alpha value is -2.51. The fourth-order valence-corrected chi connectivity index (χ4v) is 11.0. The molecule has 11 nitrogen and oxygen atoms in total. The second-order valence-corrected chi connectivity index (χ2v) is 26.9. The first-order valence-electron chi connectivity index (χ1n) is 25.0. The van der Waals surface area contributed by atoms with E-state index in [1.54, 1.807) is 4.90 Å². The molecule has 0 N–H and O–H groups in total. The number of hydrogen-bond donors (Lipinski definition) is 0. The number of carbonyl (C=O) groups excluding carboxylic acids is 3. The zero-order chi connectivity index (χ0) is 47.6. The summed E-state index contributed by atoms with van der Waals surface area (Å²) in [5.74, 6) is -1.09. The molecule has 3 saturated heterocycles. The molecule has 0 spiro atoms. The Bertz CT molecular complexity index is 1590. The molecule has 1 amide bonds. The molecule has 0 radical (unpaired) electrons. The van der Waals surface area contributed by atoms with E-state index in [0.29, 0.717) is 6.42 Å². The maximum atomic E-state index is 13.9. The van der Waals surface area contributed by atoms with Gasteiger partial charge in [-0.15, -0.1) is 0 Å². The lowest BCUT2D eigenvalue weighted by atomic mass is 9.84. The van der Waals surface area contributed by atoms with Gasteiger partial charge in [0.2, 0.25) is 0 Å². The molecule has 64 heavy (non-hydrogen) atoms. The summed E-state index contributed by atoms with van der Waals surface area (Å²) in [6, 6.07) is 9.73. The number of carbonyl (C=O) groups is 3. The van der Waals surface area contributed by atoms with E-state index in [9.17, 15) is 14.4 Å². The van der Waals surface area contributed by atoms with Crippen molar-refractivity contribution < 1.29 is 47.2 Å². The molecule has 13 atom stereocenters. The van der Waals surface area contributed by atoms with E-state index in [0.717, 1.165) is 76.2 Å². The maximum Gasteiger partial charge on any atom is 0.410 e. The lowest BCUT2D eigenvalue weighted by Gasteiger charge is -2.45. The van der Waals surface area contributed by atoms with Gasteiger partial charge in [0.25, 0.3) is 0 Å². The van der Waals surface area contributed by atoms with Gasteiger partial charge in [0.15, 0.2) is 8.32 Å². The molecule has 3 heterocycles. The lowest BCUT2D eigenvalue weighted by Crippen LogP contribution is -2.51. The van der Waals surface area contributed by atoms with Crippen LogP contribution in [0.2, 0.25) is 18.1 Å². The number of amides is 1. The van der Waals surface area contributed by atoms with Crippen LogP contribution in [0.3, 0.4) is 0 Å². The second-order valence-electron chi connectivity index (χ2n) is 22.1. The molecule has 0 bridgehead atoms. The van der Waals surface area contributed by atoms with Crippen molar-refractivity contribution in [3.63, 3.8) is 0 Å². The van der Waals surface area contributed by atoms with Gasteiger partial charge in [-0.25, -0.2) is 4.79 Å². The number of ether oxygens (including phenoxy) is 6. The smallest absolute Gasteiger partial charge is 0.410 e. The lowest BCUT2D eigenvalue weighted by molar-refractivity contribution is -0.162. The first-order valence-corrected chi connectivity index (χ1v) is 27.9. The molecule has 4 rings (SSSR count). The average Bonchev–Trinajstić information content (AvgIpc) is 4.02. The van der Waals surface area contributed by atoms with Crippen LogP contribution in [0.5, 0.6) is 0 Å². The molecule has 0 unspecified atom stereocenters. The standard InChI is InChI=1S/C52H89NO10Si/c1-16-21-39(53(13)50(56)62-51(7,8)9)31-41-25-27-43(58-41)34(3)47(63-64(14,15)52(10,11)12)35(4)44-29-30-46(61-44)37(6)49(55)60-40(22-17-2)32-42-26-28-45(59-42)36(5)48(54)57-33-38-23-19-18-20-24-38/h18-20,23-24,34-37,39-47H,16-17,21-22,25-33H2,1-15H3/t34-,35-,36+,37-,39-,40+,41+,42+,43-,44+,45-,46-,47+/m1/s1. The predicted molar refractivity (Wildman–Crippen MR) is 255 cm³/mol. The van der Waals surface area contributed by atoms with E-state index >= 15 is 0 Å². The predicted octanol–water partition coefficient (Wildman–Crippen LogP) is 11.8. The molecule has 0 aliphatic carbocycles. The summed E-state index contributed by atoms with van der Waals surface area (Å²) < 4.78 is 45.1. The summed E-state index contributed by atoms with van der Waals surface area (Å²) in [6.07, 6.45) is 8.75. The number of benzene rings is 1. The van der Waals surface area contributed by atoms with Gasteiger partial charge in [-0.1, -0.05) is 91.6 Å². The van der Waals surface area contributed by atoms with Gasteiger partial charge in [-0.3, -0.25) is 9.59 Å². The zero-order valence-corrected chi connectivity index (χ0v) is 43.6. The van der Waals surface area contributed by atoms with Gasteiger partial charge in [-0.2, -0.15) is 0 Å². The molecule has 1 aromatic rings. The fraction of sp³-hybridized carbons (Fsp3) is 0.827. The minimum atomic E-state index is -2.21. The number of rotatable bonds is 22. The Labute approximate surface area is 389 Å². The highest BCUT2D eigenvalue weighted by Crippen LogP contribution is 2.44. The van der Waals surface area contributed by atoms with Crippen molar-refractivity contribution in [2.75, 3.05) is 7.05 Å². The first kappa shape index (κ1) is 54.1. The molecular weight excluding hydrogens is 827 g/mol. The Morgan fingerprint density at radius 3 is 1.83 bits per heavy atom. The average molecular weight is 916 g/mol. The van der Waals surface area contributed by atoms with Crippen molar-refractivity contribution >= 4 is 26.3 Å². The van der Waals surface area contributed by atoms with Crippen LogP contribution >= 0.6 is 0 Å². The van der Waals surface area contributed by atoms with E-state index in [1.165, 1.54) is 0 Å². The van der Waals surface area contributed by atoms with E-state index in [2.05, 4.69) is 61.6 Å². The number of nitrogens with zero attached hydrogens (tertiary/aromatic N) is 1. The Balaban J connectivity index is 1.35. The van der Waals surface area contributed by atoms with Gasteiger partial charge >= 0.3 is 18.0 Å². The Kier molecular flexibility index (Phi) is 20.3. The van der Waals surface area contributed by atoms with Gasteiger partial charge in [0.1, 0.15) is 18.3 Å². The van der Waals surface area contributed by atoms with Gasteiger partial charge in [0.05, 0.1) is 54.6 Å². The normalized spacial score (nSPS) is 26.4. The van der Waals surface area contributed by atoms with Crippen LogP contribution in [-0.4, -0.2) is 98.8 Å². The van der Waals surface area contributed by atoms with Crippen molar-refractivity contribution in [3.05, 3.63) is 35.9 Å². The highest BCUT2D eigenvalue weighted by Gasteiger charge is 2.48. The van der Waals surface area contributed by atoms with Gasteiger partial charge < -0.3 is 37.7 Å². The molecule has 3 aliphatic rings. The second kappa shape index (κ2) is 24.0. The monoisotopic (exact) mass is 916 g/mol. The third kappa shape index (κ3) is 15.5. The van der Waals surface area contributed by atoms with Gasteiger partial charge in [0, 0.05) is 31.3 Å². The summed E-state index contributed by atoms with van der Waals surface area (Å²) in [4.78, 5) is 41.6. The third-order valence-corrected chi connectivity index (χ3v) is 19.2. The summed E-state index contributed by atoms with van der Waals surface area (Å²) >= 11 is 0. The molecule has 0 aromatic heterocycles. The summed E-state index contributed by atoms with van der Waals surface area (Å²) in [6.45, 7) is 30.1. The van der Waals surface area contributed by atoms with Crippen molar-refractivity contribution in [1.82, 2.24) is 4.90 Å². The van der Waals surface area contributed by atoms with Crippen LogP contribution in [0.4, 0.5) is 4.79 Å². The minimum absolute atomic E-state index is 0.0206. The van der Waals surface area contributed by atoms with Crippen LogP contribution in [0, 0.1) is 23.7 Å². The molecular formula is C52H89NO10Si. The number of esters is 2. The Morgan fingerprint density at radius 2 is 1.23 bits per heavy atom. The SMILES string of the molecule is CCC[C@@H](C[C@@H]1CC[C@H]([C@H](C)C(=O)OCc2ccccc2)O1)OC(=O)[C@H](C)[C@H]1CC[C@@H]([C@@H](C)[C@@H](O[Si](C)(C)C(C)(C)C)[C@H](C)[C@H]2CC[C@@H](C[C@@H](CCC)N(C)C(=O)OC(C)(C)C)O2)O1. The third-order valence-electron chi connectivity index (χ3n) is 14.7. The van der Waals surface area contributed by atoms with Crippen LogP contribution < -0.4 is 0 Å². The van der Waals surface area contributed by atoms with E-state index < -0.39 is 19.8 Å². The van der Waals surface area contributed by atoms with E-state index in [1.807, 2.05) is 72.0 Å². The summed E-state index contributed by atoms with van der Waals surface area (Å²) in [5.41, 5.74) is 0.405. The van der Waals surface area contributed by atoms with Gasteiger partial charge in [-0.05, 0) is 116 Å².